The average molecular weight is 271 g/mol. The van der Waals surface area contributed by atoms with Crippen LogP contribution in [0.5, 0.6) is 0 Å². The lowest BCUT2D eigenvalue weighted by atomic mass is 10.2. The summed E-state index contributed by atoms with van der Waals surface area (Å²) < 4.78 is 1.85. The van der Waals surface area contributed by atoms with Crippen molar-refractivity contribution in [2.75, 3.05) is 11.9 Å². The molecule has 1 aromatic heterocycles. The van der Waals surface area contributed by atoms with Crippen molar-refractivity contribution >= 4 is 12.1 Å². The lowest BCUT2D eigenvalue weighted by molar-refractivity contribution is 0.112. The van der Waals surface area contributed by atoms with Crippen LogP contribution in [-0.4, -0.2) is 29.2 Å². The van der Waals surface area contributed by atoms with Gasteiger partial charge in [-0.1, -0.05) is 25.1 Å². The van der Waals surface area contributed by atoms with E-state index in [0.29, 0.717) is 11.6 Å². The Kier molecular flexibility index (Phi) is 4.23. The van der Waals surface area contributed by atoms with Crippen LogP contribution in [0.3, 0.4) is 0 Å². The first-order chi connectivity index (χ1) is 9.60. The topological polar surface area (TPSA) is 38.1 Å². The summed E-state index contributed by atoms with van der Waals surface area (Å²) in [5.74, 6) is 0.859. The summed E-state index contributed by atoms with van der Waals surface area (Å²) in [5, 5.41) is 4.53. The number of carbonyl (C=O) groups excluding carboxylic acids is 1. The van der Waals surface area contributed by atoms with E-state index in [1.165, 1.54) is 0 Å². The summed E-state index contributed by atoms with van der Waals surface area (Å²) in [7, 11) is 2.01. The Morgan fingerprint density at radius 2 is 2.00 bits per heavy atom. The van der Waals surface area contributed by atoms with Gasteiger partial charge in [-0.15, -0.1) is 0 Å². The maximum absolute atomic E-state index is 11.4. The Hall–Kier alpha value is -2.10. The lowest BCUT2D eigenvalue weighted by Gasteiger charge is -2.27. The summed E-state index contributed by atoms with van der Waals surface area (Å²) in [5.41, 5.74) is 2.39. The SMILES string of the molecule is CCC(C)N(C)c1c(C=O)c(C)nn1-c1ccccc1. The highest BCUT2D eigenvalue weighted by molar-refractivity contribution is 5.85. The molecule has 0 radical (unpaired) electrons. The van der Waals surface area contributed by atoms with Gasteiger partial charge in [0.05, 0.1) is 16.9 Å². The summed E-state index contributed by atoms with van der Waals surface area (Å²) in [6.45, 7) is 6.15. The zero-order valence-electron chi connectivity index (χ0n) is 12.5. The zero-order valence-corrected chi connectivity index (χ0v) is 12.5. The molecule has 0 saturated carbocycles. The predicted molar refractivity (Wildman–Crippen MR) is 81.8 cm³/mol. The van der Waals surface area contributed by atoms with Gasteiger partial charge in [-0.2, -0.15) is 5.10 Å². The summed E-state index contributed by atoms with van der Waals surface area (Å²) in [4.78, 5) is 13.5. The van der Waals surface area contributed by atoms with E-state index in [1.54, 1.807) is 0 Å². The zero-order chi connectivity index (χ0) is 14.7. The number of aldehydes is 1. The minimum Gasteiger partial charge on any atom is -0.356 e. The van der Waals surface area contributed by atoms with Crippen molar-refractivity contribution < 1.29 is 4.79 Å². The largest absolute Gasteiger partial charge is 0.356 e. The van der Waals surface area contributed by atoms with E-state index in [1.807, 2.05) is 49.0 Å². The summed E-state index contributed by atoms with van der Waals surface area (Å²) in [6, 6.07) is 10.2. The molecule has 1 atom stereocenters. The van der Waals surface area contributed by atoms with E-state index in [0.717, 1.165) is 29.9 Å². The van der Waals surface area contributed by atoms with Crippen LogP contribution in [-0.2, 0) is 0 Å². The third-order valence-corrected chi connectivity index (χ3v) is 3.79. The number of para-hydroxylation sites is 1. The van der Waals surface area contributed by atoms with Gasteiger partial charge in [-0.3, -0.25) is 4.79 Å². The quantitative estimate of drug-likeness (QED) is 0.784. The van der Waals surface area contributed by atoms with E-state index >= 15 is 0 Å². The van der Waals surface area contributed by atoms with Crippen molar-refractivity contribution in [2.45, 2.75) is 33.2 Å². The minimum absolute atomic E-state index is 0.340. The molecule has 1 aromatic carbocycles. The monoisotopic (exact) mass is 271 g/mol. The number of anilines is 1. The van der Waals surface area contributed by atoms with Crippen LogP contribution >= 0.6 is 0 Å². The van der Waals surface area contributed by atoms with Gasteiger partial charge in [0.2, 0.25) is 0 Å². The number of hydrogen-bond acceptors (Lipinski definition) is 3. The molecule has 0 bridgehead atoms. The second kappa shape index (κ2) is 5.90. The van der Waals surface area contributed by atoms with Crippen molar-refractivity contribution in [1.29, 1.82) is 0 Å². The third-order valence-electron chi connectivity index (χ3n) is 3.79. The van der Waals surface area contributed by atoms with Gasteiger partial charge < -0.3 is 4.90 Å². The van der Waals surface area contributed by atoms with Gasteiger partial charge in [0.1, 0.15) is 5.82 Å². The highest BCUT2D eigenvalue weighted by atomic mass is 16.1. The molecule has 0 spiro atoms. The van der Waals surface area contributed by atoms with Crippen molar-refractivity contribution in [3.8, 4) is 5.69 Å². The normalized spacial score (nSPS) is 12.2. The van der Waals surface area contributed by atoms with Gasteiger partial charge in [0.25, 0.3) is 0 Å². The second-order valence-electron chi connectivity index (χ2n) is 5.06. The van der Waals surface area contributed by atoms with Crippen LogP contribution in [0, 0.1) is 6.92 Å². The lowest BCUT2D eigenvalue weighted by Crippen LogP contribution is -2.30. The highest BCUT2D eigenvalue weighted by Gasteiger charge is 2.21. The summed E-state index contributed by atoms with van der Waals surface area (Å²) in [6.07, 6.45) is 1.91. The van der Waals surface area contributed by atoms with Crippen LogP contribution in [0.2, 0.25) is 0 Å². The van der Waals surface area contributed by atoms with Gasteiger partial charge in [-0.25, -0.2) is 4.68 Å². The average Bonchev–Trinajstić information content (AvgIpc) is 2.83. The molecule has 20 heavy (non-hydrogen) atoms. The van der Waals surface area contributed by atoms with E-state index in [4.69, 9.17) is 0 Å². The first-order valence-electron chi connectivity index (χ1n) is 6.93. The highest BCUT2D eigenvalue weighted by Crippen LogP contribution is 2.27. The third kappa shape index (κ3) is 2.46. The Bertz CT molecular complexity index is 589. The van der Waals surface area contributed by atoms with Gasteiger partial charge in [0.15, 0.2) is 6.29 Å². The Morgan fingerprint density at radius 3 is 2.55 bits per heavy atom. The number of hydrogen-bond donors (Lipinski definition) is 0. The van der Waals surface area contributed by atoms with Crippen LogP contribution in [0.25, 0.3) is 5.69 Å². The molecule has 0 aliphatic rings. The molecule has 2 rings (SSSR count). The number of aryl methyl sites for hydroxylation is 1. The number of nitrogens with zero attached hydrogens (tertiary/aromatic N) is 3. The molecule has 2 aromatic rings. The second-order valence-corrected chi connectivity index (χ2v) is 5.06. The summed E-state index contributed by atoms with van der Waals surface area (Å²) >= 11 is 0. The fraction of sp³-hybridized carbons (Fsp3) is 0.375. The van der Waals surface area contributed by atoms with Gasteiger partial charge in [0, 0.05) is 13.1 Å². The Morgan fingerprint density at radius 1 is 1.35 bits per heavy atom. The smallest absolute Gasteiger partial charge is 0.155 e. The molecule has 4 heteroatoms. The van der Waals surface area contributed by atoms with E-state index in [2.05, 4.69) is 23.8 Å². The van der Waals surface area contributed by atoms with E-state index < -0.39 is 0 Å². The van der Waals surface area contributed by atoms with Crippen LogP contribution < -0.4 is 4.90 Å². The van der Waals surface area contributed by atoms with Crippen LogP contribution in [0.15, 0.2) is 30.3 Å². The molecule has 1 heterocycles. The van der Waals surface area contributed by atoms with Crippen molar-refractivity contribution in [2.24, 2.45) is 0 Å². The van der Waals surface area contributed by atoms with E-state index in [9.17, 15) is 4.79 Å². The molecule has 0 aliphatic heterocycles. The molecule has 0 amide bonds. The number of carbonyl (C=O) groups is 1. The fourth-order valence-electron chi connectivity index (χ4n) is 2.24. The predicted octanol–water partition coefficient (Wildman–Crippen LogP) is 3.23. The standard InChI is InChI=1S/C16H21N3O/c1-5-12(2)18(4)16-15(11-20)13(3)17-19(16)14-9-7-6-8-10-14/h6-12H,5H2,1-4H3. The molecular formula is C16H21N3O. The molecule has 0 N–H and O–H groups in total. The minimum atomic E-state index is 0.340. The molecule has 0 fully saturated rings. The molecule has 1 unspecified atom stereocenters. The van der Waals surface area contributed by atoms with E-state index in [-0.39, 0.29) is 0 Å². The molecule has 0 saturated heterocycles. The fourth-order valence-corrected chi connectivity index (χ4v) is 2.24. The van der Waals surface area contributed by atoms with Crippen LogP contribution in [0.1, 0.15) is 36.3 Å². The first kappa shape index (κ1) is 14.3. The number of rotatable bonds is 5. The molecular weight excluding hydrogens is 250 g/mol. The molecule has 4 nitrogen and oxygen atoms in total. The number of benzene rings is 1. The molecule has 106 valence electrons. The van der Waals surface area contributed by atoms with Gasteiger partial charge >= 0.3 is 0 Å². The Labute approximate surface area is 120 Å². The number of aromatic nitrogens is 2. The van der Waals surface area contributed by atoms with Crippen molar-refractivity contribution in [1.82, 2.24) is 9.78 Å². The van der Waals surface area contributed by atoms with Crippen LogP contribution in [0.4, 0.5) is 5.82 Å². The molecule has 0 aliphatic carbocycles. The van der Waals surface area contributed by atoms with Crippen molar-refractivity contribution in [3.05, 3.63) is 41.6 Å². The first-order valence-corrected chi connectivity index (χ1v) is 6.93. The maximum atomic E-state index is 11.4. The Balaban J connectivity index is 2.61. The van der Waals surface area contributed by atoms with Crippen molar-refractivity contribution in [3.63, 3.8) is 0 Å². The maximum Gasteiger partial charge on any atom is 0.155 e. The van der Waals surface area contributed by atoms with Gasteiger partial charge in [-0.05, 0) is 32.4 Å².